The molecule has 0 N–H and O–H groups in total. The van der Waals surface area contributed by atoms with E-state index in [0.29, 0.717) is 17.6 Å². The molecule has 0 spiro atoms. The van der Waals surface area contributed by atoms with Gasteiger partial charge in [-0.2, -0.15) is 9.97 Å². The van der Waals surface area contributed by atoms with Crippen LogP contribution in [0, 0.1) is 0 Å². The van der Waals surface area contributed by atoms with Gasteiger partial charge in [0.25, 0.3) is 0 Å². The SMILES string of the molecule is c1ccc(-c2nc(-c3ccc4c5ccccc5c5cnccc5c4c3)nc(-n3c4ccccc4c4ccc5c6ccccc6n(-c6ccccc6-c6ccc7c8ccccc8c8ccccc8c7c6)c5c43)n2)cc1. The molecule has 4 heterocycles. The summed E-state index contributed by atoms with van der Waals surface area (Å²) in [6.07, 6.45) is 3.86. The fourth-order valence-electron chi connectivity index (χ4n) is 12.2. The Morgan fingerprint density at radius 1 is 0.270 bits per heavy atom. The van der Waals surface area contributed by atoms with E-state index in [9.17, 15) is 0 Å². The molecule has 0 amide bonds. The zero-order valence-corrected chi connectivity index (χ0v) is 39.8. The van der Waals surface area contributed by atoms with E-state index in [1.165, 1.54) is 53.9 Å². The summed E-state index contributed by atoms with van der Waals surface area (Å²) in [5.74, 6) is 1.73. The Bertz CT molecular complexity index is 4960. The van der Waals surface area contributed by atoms with E-state index in [4.69, 9.17) is 15.0 Å². The average molecular weight is 941 g/mol. The molecule has 0 saturated heterocycles. The first-order valence-electron chi connectivity index (χ1n) is 25.1. The molecular formula is C68H40N6. The first-order valence-corrected chi connectivity index (χ1v) is 25.1. The number of fused-ring (bicyclic) bond motifs is 19. The normalized spacial score (nSPS) is 12.1. The van der Waals surface area contributed by atoms with Crippen molar-refractivity contribution in [3.8, 4) is 45.5 Å². The molecule has 0 radical (unpaired) electrons. The van der Waals surface area contributed by atoms with Gasteiger partial charge in [-0.3, -0.25) is 9.55 Å². The summed E-state index contributed by atoms with van der Waals surface area (Å²) in [6, 6.07) is 83.1. The summed E-state index contributed by atoms with van der Waals surface area (Å²) in [5.41, 5.74) is 9.39. The maximum absolute atomic E-state index is 5.54. The Hall–Kier alpha value is -10.0. The summed E-state index contributed by atoms with van der Waals surface area (Å²) in [4.78, 5) is 20.9. The fraction of sp³-hybridized carbons (Fsp3) is 0. The summed E-state index contributed by atoms with van der Waals surface area (Å²) in [6.45, 7) is 0. The summed E-state index contributed by atoms with van der Waals surface area (Å²) in [5, 5.41) is 19.0. The smallest absolute Gasteiger partial charge is 0.238 e. The molecule has 74 heavy (non-hydrogen) atoms. The average Bonchev–Trinajstić information content (AvgIpc) is 4.01. The van der Waals surface area contributed by atoms with E-state index in [0.717, 1.165) is 82.3 Å². The van der Waals surface area contributed by atoms with Crippen molar-refractivity contribution in [3.63, 3.8) is 0 Å². The molecule has 16 aromatic rings. The van der Waals surface area contributed by atoms with Crippen LogP contribution >= 0.6 is 0 Å². The highest BCUT2D eigenvalue weighted by atomic mass is 15.2. The van der Waals surface area contributed by atoms with Gasteiger partial charge in [-0.25, -0.2) is 4.98 Å². The Morgan fingerprint density at radius 3 is 1.34 bits per heavy atom. The number of rotatable bonds is 5. The van der Waals surface area contributed by atoms with Gasteiger partial charge in [-0.1, -0.05) is 194 Å². The van der Waals surface area contributed by atoms with Gasteiger partial charge >= 0.3 is 0 Å². The van der Waals surface area contributed by atoms with Gasteiger partial charge in [0, 0.05) is 56.0 Å². The highest BCUT2D eigenvalue weighted by Gasteiger charge is 2.25. The van der Waals surface area contributed by atoms with Crippen LogP contribution in [-0.4, -0.2) is 29.1 Å². The topological polar surface area (TPSA) is 61.4 Å². The van der Waals surface area contributed by atoms with Crippen molar-refractivity contribution in [2.75, 3.05) is 0 Å². The first kappa shape index (κ1) is 40.7. The van der Waals surface area contributed by atoms with E-state index in [2.05, 4.69) is 226 Å². The number of para-hydroxylation sites is 3. The Kier molecular flexibility index (Phi) is 8.64. The lowest BCUT2D eigenvalue weighted by Gasteiger charge is -2.17. The zero-order valence-electron chi connectivity index (χ0n) is 39.8. The minimum absolute atomic E-state index is 0.541. The van der Waals surface area contributed by atoms with Crippen LogP contribution in [0.2, 0.25) is 0 Å². The Morgan fingerprint density at radius 2 is 0.703 bits per heavy atom. The number of nitrogens with zero attached hydrogens (tertiary/aromatic N) is 6. The highest BCUT2D eigenvalue weighted by Crippen LogP contribution is 2.45. The molecule has 0 aliphatic heterocycles. The third-order valence-corrected chi connectivity index (χ3v) is 15.4. The number of hydrogen-bond acceptors (Lipinski definition) is 4. The lowest BCUT2D eigenvalue weighted by Crippen LogP contribution is -2.07. The van der Waals surface area contributed by atoms with Crippen molar-refractivity contribution in [1.82, 2.24) is 29.1 Å². The first-order chi connectivity index (χ1) is 36.7. The number of benzene rings is 12. The molecule has 0 atom stereocenters. The van der Waals surface area contributed by atoms with Crippen LogP contribution in [0.3, 0.4) is 0 Å². The second-order valence-electron chi connectivity index (χ2n) is 19.3. The molecule has 0 aliphatic rings. The molecule has 342 valence electrons. The maximum atomic E-state index is 5.54. The van der Waals surface area contributed by atoms with E-state index < -0.39 is 0 Å². The molecule has 0 unspecified atom stereocenters. The minimum atomic E-state index is 0.541. The third kappa shape index (κ3) is 5.88. The largest absolute Gasteiger partial charge is 0.307 e. The molecular weight excluding hydrogens is 901 g/mol. The van der Waals surface area contributed by atoms with Gasteiger partial charge < -0.3 is 4.57 Å². The highest BCUT2D eigenvalue weighted by molar-refractivity contribution is 6.28. The van der Waals surface area contributed by atoms with Crippen LogP contribution < -0.4 is 0 Å². The van der Waals surface area contributed by atoms with Gasteiger partial charge in [-0.05, 0) is 101 Å². The van der Waals surface area contributed by atoms with Crippen LogP contribution in [0.5, 0.6) is 0 Å². The summed E-state index contributed by atoms with van der Waals surface area (Å²) < 4.78 is 4.76. The number of hydrogen-bond donors (Lipinski definition) is 0. The van der Waals surface area contributed by atoms with E-state index in [1.54, 1.807) is 0 Å². The zero-order chi connectivity index (χ0) is 48.4. The second-order valence-corrected chi connectivity index (χ2v) is 19.3. The predicted octanol–water partition coefficient (Wildman–Crippen LogP) is 17.4. The standard InChI is InChI=1S/C68H40N6/c1-2-16-41(17-3-1)66-70-67(43-31-33-52-48-22-7-9-24-50(48)60-40-69-37-36-53(60)59(52)39-43)72-68(71-66)74-63-29-15-12-26-55(63)57-35-34-56-54-25-11-14-28-62(54)73(64(56)65(57)74)61-27-13-10-18-44(61)42-30-32-51-47-21-5-4-19-45(47)46-20-6-8-23-49(46)58(51)38-42/h1-40H. The fourth-order valence-corrected chi connectivity index (χ4v) is 12.2. The number of pyridine rings is 1. The molecule has 6 heteroatoms. The molecule has 6 nitrogen and oxygen atoms in total. The van der Waals surface area contributed by atoms with Gasteiger partial charge in [-0.15, -0.1) is 0 Å². The van der Waals surface area contributed by atoms with Crippen molar-refractivity contribution in [3.05, 3.63) is 243 Å². The van der Waals surface area contributed by atoms with Crippen LogP contribution in [-0.2, 0) is 0 Å². The lowest BCUT2D eigenvalue weighted by atomic mass is 9.92. The quantitative estimate of drug-likeness (QED) is 0.161. The van der Waals surface area contributed by atoms with Crippen LogP contribution in [0.1, 0.15) is 0 Å². The molecule has 0 aliphatic carbocycles. The Balaban J connectivity index is 0.989. The molecule has 12 aromatic carbocycles. The van der Waals surface area contributed by atoms with Crippen LogP contribution in [0.25, 0.3) is 154 Å². The number of aromatic nitrogens is 6. The van der Waals surface area contributed by atoms with Crippen molar-refractivity contribution in [2.24, 2.45) is 0 Å². The summed E-state index contributed by atoms with van der Waals surface area (Å²) >= 11 is 0. The molecule has 4 aromatic heterocycles. The molecule has 16 rings (SSSR count). The van der Waals surface area contributed by atoms with Crippen molar-refractivity contribution < 1.29 is 0 Å². The molecule has 0 bridgehead atoms. The Labute approximate surface area is 423 Å². The predicted molar refractivity (Wildman–Crippen MR) is 308 cm³/mol. The van der Waals surface area contributed by atoms with Crippen molar-refractivity contribution >= 4 is 108 Å². The van der Waals surface area contributed by atoms with Gasteiger partial charge in [0.1, 0.15) is 0 Å². The van der Waals surface area contributed by atoms with E-state index >= 15 is 0 Å². The minimum Gasteiger partial charge on any atom is -0.307 e. The third-order valence-electron chi connectivity index (χ3n) is 15.4. The maximum Gasteiger partial charge on any atom is 0.238 e. The lowest BCUT2D eigenvalue weighted by molar-refractivity contribution is 0.953. The van der Waals surface area contributed by atoms with Gasteiger partial charge in [0.15, 0.2) is 11.6 Å². The molecule has 0 saturated carbocycles. The molecule has 0 fully saturated rings. The second kappa shape index (κ2) is 15.7. The van der Waals surface area contributed by atoms with Crippen molar-refractivity contribution in [2.45, 2.75) is 0 Å². The summed E-state index contributed by atoms with van der Waals surface area (Å²) in [7, 11) is 0. The van der Waals surface area contributed by atoms with E-state index in [1.807, 2.05) is 30.6 Å². The van der Waals surface area contributed by atoms with Gasteiger partial charge in [0.05, 0.1) is 27.8 Å². The van der Waals surface area contributed by atoms with Gasteiger partial charge in [0.2, 0.25) is 5.95 Å². The van der Waals surface area contributed by atoms with E-state index in [-0.39, 0.29) is 0 Å². The van der Waals surface area contributed by atoms with Crippen LogP contribution in [0.15, 0.2) is 243 Å². The monoisotopic (exact) mass is 940 g/mol. The van der Waals surface area contributed by atoms with Crippen molar-refractivity contribution in [1.29, 1.82) is 0 Å². The van der Waals surface area contributed by atoms with Crippen LogP contribution in [0.4, 0.5) is 0 Å².